The average Bonchev–Trinajstić information content (AvgIpc) is 2.86. The molecule has 3 N–H and O–H groups in total. The van der Waals surface area contributed by atoms with Gasteiger partial charge in [0.25, 0.3) is 5.56 Å². The number of H-pyrrole nitrogens is 1. The minimum atomic E-state index is -0.427. The highest BCUT2D eigenvalue weighted by atomic mass is 16.6. The number of aromatic nitrogens is 5. The molecule has 2 atom stereocenters. The molecular weight excluding hydrogens is 412 g/mol. The minimum Gasteiger partial charge on any atom is -0.378 e. The third kappa shape index (κ3) is 4.14. The van der Waals surface area contributed by atoms with Gasteiger partial charge in [0.2, 0.25) is 0 Å². The van der Waals surface area contributed by atoms with Gasteiger partial charge in [-0.05, 0) is 42.3 Å². The summed E-state index contributed by atoms with van der Waals surface area (Å²) in [6.07, 6.45) is 1.45. The fourth-order valence-electron chi connectivity index (χ4n) is 4.60. The molecule has 4 heterocycles. The molecule has 0 saturated carbocycles. The van der Waals surface area contributed by atoms with E-state index in [4.69, 9.17) is 15.5 Å². The molecule has 0 aliphatic carbocycles. The molecule has 32 heavy (non-hydrogen) atoms. The zero-order valence-electron chi connectivity index (χ0n) is 17.7. The maximum atomic E-state index is 11.4. The number of nitrogens with zero attached hydrogens (tertiary/aromatic N) is 6. The van der Waals surface area contributed by atoms with Crippen molar-refractivity contribution in [1.82, 2.24) is 25.6 Å². The lowest BCUT2D eigenvalue weighted by atomic mass is 9.90. The molecule has 0 spiro atoms. The van der Waals surface area contributed by atoms with Crippen molar-refractivity contribution in [3.05, 3.63) is 46.4 Å². The number of nitrogens with one attached hydrogen (secondary N) is 1. The van der Waals surface area contributed by atoms with Crippen LogP contribution in [0.3, 0.4) is 0 Å². The number of hydrogen-bond donors (Lipinski definition) is 2. The Morgan fingerprint density at radius 2 is 2.00 bits per heavy atom. The second-order valence-electron chi connectivity index (χ2n) is 8.16. The van der Waals surface area contributed by atoms with E-state index >= 15 is 0 Å². The number of benzene rings is 1. The smallest absolute Gasteiger partial charge is 0.264 e. The predicted molar refractivity (Wildman–Crippen MR) is 118 cm³/mol. The van der Waals surface area contributed by atoms with Gasteiger partial charge in [0.15, 0.2) is 5.82 Å². The van der Waals surface area contributed by atoms with E-state index in [1.165, 1.54) is 6.07 Å². The molecule has 0 amide bonds. The van der Waals surface area contributed by atoms with Crippen molar-refractivity contribution in [2.24, 2.45) is 11.8 Å². The van der Waals surface area contributed by atoms with Crippen LogP contribution in [0.4, 0.5) is 11.5 Å². The molecule has 11 nitrogen and oxygen atoms in total. The Hall–Kier alpha value is -3.15. The van der Waals surface area contributed by atoms with Gasteiger partial charge in [-0.15, -0.1) is 10.2 Å². The fraction of sp³-hybridized carbons (Fsp3) is 0.476. The van der Waals surface area contributed by atoms with Gasteiger partial charge in [-0.2, -0.15) is 5.10 Å². The quantitative estimate of drug-likeness (QED) is 0.550. The Morgan fingerprint density at radius 1 is 1.12 bits per heavy atom. The van der Waals surface area contributed by atoms with Gasteiger partial charge in [0, 0.05) is 49.2 Å². The number of anilines is 2. The zero-order valence-corrected chi connectivity index (χ0v) is 17.7. The van der Waals surface area contributed by atoms with E-state index in [-0.39, 0.29) is 11.5 Å². The molecular formula is C21H26N8O3. The van der Waals surface area contributed by atoms with Crippen LogP contribution >= 0.6 is 0 Å². The lowest BCUT2D eigenvalue weighted by Crippen LogP contribution is -2.40. The van der Waals surface area contributed by atoms with Gasteiger partial charge in [-0.3, -0.25) is 9.63 Å². The van der Waals surface area contributed by atoms with Crippen LogP contribution in [0, 0.1) is 5.92 Å². The molecule has 2 aliphatic rings. The maximum Gasteiger partial charge on any atom is 0.264 e. The Labute approximate surface area is 184 Å². The van der Waals surface area contributed by atoms with Crippen molar-refractivity contribution in [3.63, 3.8) is 0 Å². The lowest BCUT2D eigenvalue weighted by Gasteiger charge is -2.36. The standard InChI is InChI=1S/C21H26N8O3/c22-32-20(17-5-6-19(30)25-23-17)14-2-1-7-29(13-14)21-16-4-3-15(12-18(16)24-27-26-21)28-8-10-31-11-9-28/h3-6,12,14,20H,1-2,7-11,13,22H2,(H,25,30)/t14-,20-/m0/s1. The van der Waals surface area contributed by atoms with E-state index < -0.39 is 6.10 Å². The summed E-state index contributed by atoms with van der Waals surface area (Å²) in [5.74, 6) is 6.53. The number of fused-ring (bicyclic) bond motifs is 1. The minimum absolute atomic E-state index is 0.0878. The third-order valence-corrected chi connectivity index (χ3v) is 6.21. The van der Waals surface area contributed by atoms with Crippen LogP contribution in [0.2, 0.25) is 0 Å². The normalized spacial score (nSPS) is 20.5. The summed E-state index contributed by atoms with van der Waals surface area (Å²) < 4.78 is 5.46. The summed E-state index contributed by atoms with van der Waals surface area (Å²) in [4.78, 5) is 21.2. The number of piperidine rings is 1. The Morgan fingerprint density at radius 3 is 2.78 bits per heavy atom. The molecule has 2 fully saturated rings. The van der Waals surface area contributed by atoms with Crippen LogP contribution in [0.1, 0.15) is 24.6 Å². The zero-order chi connectivity index (χ0) is 21.9. The van der Waals surface area contributed by atoms with Crippen LogP contribution < -0.4 is 21.3 Å². The van der Waals surface area contributed by atoms with Crippen molar-refractivity contribution in [2.75, 3.05) is 49.2 Å². The van der Waals surface area contributed by atoms with E-state index in [2.05, 4.69) is 53.6 Å². The molecule has 5 rings (SSSR count). The maximum absolute atomic E-state index is 11.4. The predicted octanol–water partition coefficient (Wildman–Crippen LogP) is 0.793. The van der Waals surface area contributed by atoms with E-state index in [0.717, 1.165) is 68.1 Å². The summed E-state index contributed by atoms with van der Waals surface area (Å²) in [5, 5.41) is 20.2. The van der Waals surface area contributed by atoms with Gasteiger partial charge in [0.05, 0.1) is 18.9 Å². The van der Waals surface area contributed by atoms with Crippen LogP contribution in [0.25, 0.3) is 10.9 Å². The van der Waals surface area contributed by atoms with Gasteiger partial charge >= 0.3 is 0 Å². The molecule has 3 aromatic rings. The van der Waals surface area contributed by atoms with Crippen molar-refractivity contribution < 1.29 is 9.57 Å². The summed E-state index contributed by atoms with van der Waals surface area (Å²) in [5.41, 5.74) is 2.28. The monoisotopic (exact) mass is 438 g/mol. The van der Waals surface area contributed by atoms with E-state index in [1.54, 1.807) is 6.07 Å². The van der Waals surface area contributed by atoms with Gasteiger partial charge in [-0.25, -0.2) is 11.0 Å². The van der Waals surface area contributed by atoms with Crippen molar-refractivity contribution in [2.45, 2.75) is 18.9 Å². The number of hydrogen-bond acceptors (Lipinski definition) is 10. The number of nitrogens with two attached hydrogens (primary N) is 1. The summed E-state index contributed by atoms with van der Waals surface area (Å²) >= 11 is 0. The Balaban J connectivity index is 1.40. The number of aromatic amines is 1. The number of ether oxygens (including phenoxy) is 1. The van der Waals surface area contributed by atoms with Gasteiger partial charge < -0.3 is 14.5 Å². The van der Waals surface area contributed by atoms with E-state index in [1.807, 2.05) is 0 Å². The van der Waals surface area contributed by atoms with E-state index in [0.29, 0.717) is 12.2 Å². The van der Waals surface area contributed by atoms with Crippen LogP contribution in [0.15, 0.2) is 35.1 Å². The Kier molecular flexibility index (Phi) is 5.93. The molecule has 2 aliphatic heterocycles. The molecule has 0 radical (unpaired) electrons. The van der Waals surface area contributed by atoms with Gasteiger partial charge in [-0.1, -0.05) is 0 Å². The first-order valence-electron chi connectivity index (χ1n) is 10.8. The van der Waals surface area contributed by atoms with Crippen molar-refractivity contribution in [1.29, 1.82) is 0 Å². The molecule has 0 unspecified atom stereocenters. The molecule has 1 aromatic carbocycles. The Bertz CT molecular complexity index is 1110. The topological polar surface area (TPSA) is 135 Å². The largest absolute Gasteiger partial charge is 0.378 e. The first kappa shape index (κ1) is 20.7. The molecule has 2 saturated heterocycles. The molecule has 11 heteroatoms. The number of morpholine rings is 1. The molecule has 168 valence electrons. The third-order valence-electron chi connectivity index (χ3n) is 6.21. The fourth-order valence-corrected chi connectivity index (χ4v) is 4.60. The average molecular weight is 438 g/mol. The SMILES string of the molecule is NO[C@H](c1ccc(=O)[nH]n1)[C@H]1CCCN(c2nnnc3cc(N4CCOCC4)ccc23)C1. The van der Waals surface area contributed by atoms with Crippen molar-refractivity contribution in [3.8, 4) is 0 Å². The summed E-state index contributed by atoms with van der Waals surface area (Å²) in [7, 11) is 0. The van der Waals surface area contributed by atoms with Gasteiger partial charge in [0.1, 0.15) is 11.6 Å². The molecule has 2 aromatic heterocycles. The highest BCUT2D eigenvalue weighted by molar-refractivity contribution is 5.91. The van der Waals surface area contributed by atoms with Crippen LogP contribution in [-0.2, 0) is 9.57 Å². The summed E-state index contributed by atoms with van der Waals surface area (Å²) in [6.45, 7) is 4.73. The second kappa shape index (κ2) is 9.15. The number of rotatable bonds is 5. The van der Waals surface area contributed by atoms with E-state index in [9.17, 15) is 4.79 Å². The summed E-state index contributed by atoms with van der Waals surface area (Å²) in [6, 6.07) is 9.34. The van der Waals surface area contributed by atoms with Crippen LogP contribution in [-0.4, -0.2) is 65.0 Å². The first-order valence-corrected chi connectivity index (χ1v) is 10.8. The molecule has 0 bridgehead atoms. The lowest BCUT2D eigenvalue weighted by molar-refractivity contribution is 0.00131. The van der Waals surface area contributed by atoms with Crippen molar-refractivity contribution >= 4 is 22.4 Å². The first-order chi connectivity index (χ1) is 15.7. The highest BCUT2D eigenvalue weighted by Gasteiger charge is 2.31. The highest BCUT2D eigenvalue weighted by Crippen LogP contribution is 2.34. The second-order valence-corrected chi connectivity index (χ2v) is 8.16. The van der Waals surface area contributed by atoms with Crippen LogP contribution in [0.5, 0.6) is 0 Å².